The van der Waals surface area contributed by atoms with Crippen molar-refractivity contribution in [3.05, 3.63) is 17.8 Å². The van der Waals surface area contributed by atoms with Gasteiger partial charge in [0.2, 0.25) is 0 Å². The van der Waals surface area contributed by atoms with Crippen LogP contribution in [-0.4, -0.2) is 16.7 Å². The van der Waals surface area contributed by atoms with E-state index in [4.69, 9.17) is 9.52 Å². The van der Waals surface area contributed by atoms with Gasteiger partial charge in [-0.25, -0.2) is 4.98 Å². The Morgan fingerprint density at radius 3 is 3.08 bits per heavy atom. The fourth-order valence-corrected chi connectivity index (χ4v) is 1.14. The Morgan fingerprint density at radius 2 is 2.50 bits per heavy atom. The van der Waals surface area contributed by atoms with Crippen LogP contribution in [-0.2, 0) is 0 Å². The molecule has 2 rings (SSSR count). The zero-order valence-electron chi connectivity index (χ0n) is 7.16. The Balaban J connectivity index is 2.12. The molecule has 1 aliphatic carbocycles. The van der Waals surface area contributed by atoms with Crippen LogP contribution in [0.4, 0.5) is 0 Å². The van der Waals surface area contributed by atoms with Crippen LogP contribution in [0, 0.1) is 0 Å². The molecule has 3 nitrogen and oxygen atoms in total. The summed E-state index contributed by atoms with van der Waals surface area (Å²) in [5.41, 5.74) is 0. The minimum atomic E-state index is 0.0741. The molecule has 0 radical (unpaired) electrons. The number of aliphatic hydroxyl groups is 1. The zero-order chi connectivity index (χ0) is 8.55. The second kappa shape index (κ2) is 2.90. The van der Waals surface area contributed by atoms with Crippen LogP contribution in [0.1, 0.15) is 43.3 Å². The molecule has 66 valence electrons. The van der Waals surface area contributed by atoms with E-state index in [0.717, 1.165) is 11.7 Å². The van der Waals surface area contributed by atoms with Gasteiger partial charge in [-0.15, -0.1) is 0 Å². The zero-order valence-corrected chi connectivity index (χ0v) is 7.16. The molecule has 1 unspecified atom stereocenters. The number of nitrogens with zero attached hydrogens (tertiary/aromatic N) is 1. The predicted molar refractivity (Wildman–Crippen MR) is 44.0 cm³/mol. The quantitative estimate of drug-likeness (QED) is 0.744. The van der Waals surface area contributed by atoms with Crippen LogP contribution in [0.5, 0.6) is 0 Å². The van der Waals surface area contributed by atoms with Crippen molar-refractivity contribution in [3.63, 3.8) is 0 Å². The van der Waals surface area contributed by atoms with Crippen LogP contribution in [0.2, 0.25) is 0 Å². The third-order valence-corrected chi connectivity index (χ3v) is 2.23. The van der Waals surface area contributed by atoms with Gasteiger partial charge in [0.15, 0.2) is 5.89 Å². The first-order chi connectivity index (χ1) is 5.81. The number of aromatic nitrogens is 1. The lowest BCUT2D eigenvalue weighted by Crippen LogP contribution is -1.96. The maximum atomic E-state index is 8.86. The third kappa shape index (κ3) is 1.37. The summed E-state index contributed by atoms with van der Waals surface area (Å²) in [5, 5.41) is 8.86. The Bertz CT molecular complexity index is 265. The molecule has 1 aliphatic rings. The van der Waals surface area contributed by atoms with Crippen LogP contribution in [0.3, 0.4) is 0 Å². The highest BCUT2D eigenvalue weighted by Gasteiger charge is 2.28. The van der Waals surface area contributed by atoms with E-state index in [1.807, 2.05) is 6.92 Å². The molecule has 12 heavy (non-hydrogen) atoms. The summed E-state index contributed by atoms with van der Waals surface area (Å²) in [7, 11) is 0. The lowest BCUT2D eigenvalue weighted by atomic mass is 10.1. The normalized spacial score (nSPS) is 19.5. The molecule has 1 aromatic heterocycles. The molecular formula is C9H13NO2. The van der Waals surface area contributed by atoms with Crippen molar-refractivity contribution in [1.82, 2.24) is 4.98 Å². The Hall–Kier alpha value is -0.830. The average Bonchev–Trinajstić information content (AvgIpc) is 2.83. The standard InChI is InChI=1S/C9H13NO2/c1-6(5-11)8-4-10-9(12-8)7-2-3-7/h4,6-7,11H,2-3,5H2,1H3. The number of hydrogen-bond donors (Lipinski definition) is 1. The Morgan fingerprint density at radius 1 is 1.75 bits per heavy atom. The van der Waals surface area contributed by atoms with E-state index in [9.17, 15) is 0 Å². The van der Waals surface area contributed by atoms with Crippen molar-refractivity contribution in [2.45, 2.75) is 31.6 Å². The topological polar surface area (TPSA) is 46.3 Å². The number of oxazole rings is 1. The molecule has 3 heteroatoms. The third-order valence-electron chi connectivity index (χ3n) is 2.23. The summed E-state index contributed by atoms with van der Waals surface area (Å²) in [6.45, 7) is 2.05. The van der Waals surface area contributed by atoms with Gasteiger partial charge in [-0.2, -0.15) is 0 Å². The van der Waals surface area contributed by atoms with Gasteiger partial charge in [-0.05, 0) is 12.8 Å². The van der Waals surface area contributed by atoms with Gasteiger partial charge in [0.1, 0.15) is 5.76 Å². The molecule has 0 bridgehead atoms. The van der Waals surface area contributed by atoms with Crippen LogP contribution < -0.4 is 0 Å². The van der Waals surface area contributed by atoms with Crippen LogP contribution >= 0.6 is 0 Å². The predicted octanol–water partition coefficient (Wildman–Crippen LogP) is 1.65. The molecule has 1 heterocycles. The highest BCUT2D eigenvalue weighted by Crippen LogP contribution is 2.39. The van der Waals surface area contributed by atoms with E-state index in [1.54, 1.807) is 6.20 Å². The van der Waals surface area contributed by atoms with Crippen LogP contribution in [0.15, 0.2) is 10.6 Å². The van der Waals surface area contributed by atoms with E-state index in [2.05, 4.69) is 4.98 Å². The second-order valence-corrected chi connectivity index (χ2v) is 3.46. The minimum absolute atomic E-state index is 0.0741. The van der Waals surface area contributed by atoms with E-state index < -0.39 is 0 Å². The lowest BCUT2D eigenvalue weighted by molar-refractivity contribution is 0.255. The van der Waals surface area contributed by atoms with E-state index in [0.29, 0.717) is 5.92 Å². The highest BCUT2D eigenvalue weighted by atomic mass is 16.4. The van der Waals surface area contributed by atoms with Crippen molar-refractivity contribution in [3.8, 4) is 0 Å². The Kier molecular flexibility index (Phi) is 1.89. The van der Waals surface area contributed by atoms with Gasteiger partial charge in [0.05, 0.1) is 12.8 Å². The SMILES string of the molecule is CC(CO)c1cnc(C2CC2)o1. The molecule has 0 aromatic carbocycles. The summed E-state index contributed by atoms with van der Waals surface area (Å²) < 4.78 is 5.49. The van der Waals surface area contributed by atoms with Gasteiger partial charge in [-0.3, -0.25) is 0 Å². The van der Waals surface area contributed by atoms with Crippen LogP contribution in [0.25, 0.3) is 0 Å². The molecule has 1 fully saturated rings. The molecule has 1 atom stereocenters. The molecule has 0 spiro atoms. The maximum absolute atomic E-state index is 8.86. The molecule has 1 N–H and O–H groups in total. The fraction of sp³-hybridized carbons (Fsp3) is 0.667. The largest absolute Gasteiger partial charge is 0.445 e. The highest BCUT2D eigenvalue weighted by molar-refractivity contribution is 5.07. The molecule has 1 aromatic rings. The summed E-state index contributed by atoms with van der Waals surface area (Å²) in [6.07, 6.45) is 4.13. The summed E-state index contributed by atoms with van der Waals surface area (Å²) in [6, 6.07) is 0. The van der Waals surface area contributed by atoms with Crippen molar-refractivity contribution in [1.29, 1.82) is 0 Å². The van der Waals surface area contributed by atoms with Gasteiger partial charge in [0, 0.05) is 11.8 Å². The lowest BCUT2D eigenvalue weighted by Gasteiger charge is -2.00. The van der Waals surface area contributed by atoms with Gasteiger partial charge in [0.25, 0.3) is 0 Å². The van der Waals surface area contributed by atoms with E-state index in [1.165, 1.54) is 12.8 Å². The van der Waals surface area contributed by atoms with Crippen molar-refractivity contribution in [2.24, 2.45) is 0 Å². The second-order valence-electron chi connectivity index (χ2n) is 3.46. The first kappa shape index (κ1) is 7.80. The summed E-state index contributed by atoms with van der Waals surface area (Å²) >= 11 is 0. The molecule has 0 amide bonds. The minimum Gasteiger partial charge on any atom is -0.445 e. The van der Waals surface area contributed by atoms with Gasteiger partial charge in [-0.1, -0.05) is 6.92 Å². The smallest absolute Gasteiger partial charge is 0.197 e. The summed E-state index contributed by atoms with van der Waals surface area (Å²) in [4.78, 5) is 4.17. The van der Waals surface area contributed by atoms with E-state index in [-0.39, 0.29) is 12.5 Å². The number of aliphatic hydroxyl groups excluding tert-OH is 1. The molecule has 1 saturated carbocycles. The van der Waals surface area contributed by atoms with E-state index >= 15 is 0 Å². The molecule has 0 aliphatic heterocycles. The van der Waals surface area contributed by atoms with Crippen molar-refractivity contribution in [2.75, 3.05) is 6.61 Å². The van der Waals surface area contributed by atoms with Crippen molar-refractivity contribution >= 4 is 0 Å². The summed E-state index contributed by atoms with van der Waals surface area (Å²) in [5.74, 6) is 2.29. The number of hydrogen-bond acceptors (Lipinski definition) is 3. The number of rotatable bonds is 3. The first-order valence-corrected chi connectivity index (χ1v) is 4.37. The molecule has 0 saturated heterocycles. The van der Waals surface area contributed by atoms with Gasteiger partial charge < -0.3 is 9.52 Å². The maximum Gasteiger partial charge on any atom is 0.197 e. The fourth-order valence-electron chi connectivity index (χ4n) is 1.14. The van der Waals surface area contributed by atoms with Crippen molar-refractivity contribution < 1.29 is 9.52 Å². The first-order valence-electron chi connectivity index (χ1n) is 4.37. The Labute approximate surface area is 71.4 Å². The molecular weight excluding hydrogens is 154 g/mol. The monoisotopic (exact) mass is 167 g/mol. The average molecular weight is 167 g/mol. The van der Waals surface area contributed by atoms with Gasteiger partial charge >= 0.3 is 0 Å².